The summed E-state index contributed by atoms with van der Waals surface area (Å²) in [6.45, 7) is 7.56. The van der Waals surface area contributed by atoms with Gasteiger partial charge >= 0.3 is 6.18 Å². The Balaban J connectivity index is 1.69. The van der Waals surface area contributed by atoms with Gasteiger partial charge in [-0.1, -0.05) is 74.8 Å². The summed E-state index contributed by atoms with van der Waals surface area (Å²) in [7, 11) is 0. The second kappa shape index (κ2) is 13.4. The zero-order valence-electron chi connectivity index (χ0n) is 24.9. The van der Waals surface area contributed by atoms with Crippen LogP contribution in [0.5, 0.6) is 0 Å². The van der Waals surface area contributed by atoms with Gasteiger partial charge in [-0.15, -0.1) is 0 Å². The van der Waals surface area contributed by atoms with Crippen molar-refractivity contribution in [3.05, 3.63) is 99.6 Å². The lowest BCUT2D eigenvalue weighted by molar-refractivity contribution is -0.139. The highest BCUT2D eigenvalue weighted by Gasteiger charge is 2.39. The van der Waals surface area contributed by atoms with Crippen LogP contribution in [-0.2, 0) is 38.4 Å². The fourth-order valence-corrected chi connectivity index (χ4v) is 5.26. The van der Waals surface area contributed by atoms with Crippen LogP contribution in [0.3, 0.4) is 0 Å². The van der Waals surface area contributed by atoms with Gasteiger partial charge in [0.2, 0.25) is 11.8 Å². The Hall–Kier alpha value is -3.89. The minimum Gasteiger partial charge on any atom is -0.355 e. The number of halogens is 4. The van der Waals surface area contributed by atoms with E-state index in [1.54, 1.807) is 29.2 Å². The molecule has 3 amide bonds. The number of hydrogen-bond acceptors (Lipinski definition) is 4. The van der Waals surface area contributed by atoms with E-state index in [0.717, 1.165) is 11.6 Å². The van der Waals surface area contributed by atoms with E-state index < -0.39 is 42.2 Å². The first-order valence-electron chi connectivity index (χ1n) is 14.1. The predicted octanol–water partition coefficient (Wildman–Crippen LogP) is 6.57. The number of alkyl halides is 3. The van der Waals surface area contributed by atoms with Gasteiger partial charge in [-0.05, 0) is 46.4 Å². The lowest BCUT2D eigenvalue weighted by Gasteiger charge is -2.31. The van der Waals surface area contributed by atoms with E-state index in [0.29, 0.717) is 28.4 Å². The molecular formula is C33H35ClF3N3O4. The molecule has 3 aromatic carbocycles. The molecule has 4 rings (SSSR count). The normalized spacial score (nSPS) is 17.1. The SMILES string of the molecule is CC(=O)NCc1cccc(C2OC(CC(=O)NCc3ccccc3C(F)(F)F)C(=O)N(CC(C)(C)C)c3ccc(Cl)cc32)c1. The number of hydrogen-bond donors (Lipinski definition) is 2. The van der Waals surface area contributed by atoms with Crippen molar-refractivity contribution in [2.24, 2.45) is 5.41 Å². The first-order chi connectivity index (χ1) is 20.6. The molecule has 1 aliphatic heterocycles. The van der Waals surface area contributed by atoms with Gasteiger partial charge in [0.05, 0.1) is 12.0 Å². The molecule has 0 aliphatic carbocycles. The summed E-state index contributed by atoms with van der Waals surface area (Å²) >= 11 is 6.43. The van der Waals surface area contributed by atoms with Crippen molar-refractivity contribution in [3.8, 4) is 0 Å². The van der Waals surface area contributed by atoms with Crippen molar-refractivity contribution in [2.75, 3.05) is 11.4 Å². The molecule has 0 bridgehead atoms. The number of amides is 3. The third-order valence-electron chi connectivity index (χ3n) is 7.00. The zero-order valence-corrected chi connectivity index (χ0v) is 25.7. The maximum absolute atomic E-state index is 14.1. The molecule has 1 heterocycles. The number of benzene rings is 3. The number of fused-ring (bicyclic) bond motifs is 1. The van der Waals surface area contributed by atoms with E-state index in [2.05, 4.69) is 10.6 Å². The van der Waals surface area contributed by atoms with E-state index >= 15 is 0 Å². The highest BCUT2D eigenvalue weighted by molar-refractivity contribution is 6.30. The second-order valence-electron chi connectivity index (χ2n) is 12.0. The van der Waals surface area contributed by atoms with Gasteiger partial charge < -0.3 is 20.3 Å². The summed E-state index contributed by atoms with van der Waals surface area (Å²) in [6, 6.07) is 17.5. The van der Waals surface area contributed by atoms with Gasteiger partial charge in [0, 0.05) is 42.8 Å². The highest BCUT2D eigenvalue weighted by Crippen LogP contribution is 2.41. The minimum absolute atomic E-state index is 0.0910. The fourth-order valence-electron chi connectivity index (χ4n) is 5.08. The van der Waals surface area contributed by atoms with Gasteiger partial charge in [0.25, 0.3) is 5.91 Å². The second-order valence-corrected chi connectivity index (χ2v) is 12.4. The van der Waals surface area contributed by atoms with Gasteiger partial charge in [-0.25, -0.2) is 0 Å². The molecule has 44 heavy (non-hydrogen) atoms. The molecule has 0 radical (unpaired) electrons. The molecular weight excluding hydrogens is 595 g/mol. The molecule has 0 spiro atoms. The maximum atomic E-state index is 14.1. The summed E-state index contributed by atoms with van der Waals surface area (Å²) in [5, 5.41) is 5.72. The summed E-state index contributed by atoms with van der Waals surface area (Å²) < 4.78 is 46.9. The van der Waals surface area contributed by atoms with Gasteiger partial charge in [-0.2, -0.15) is 13.2 Å². The van der Waals surface area contributed by atoms with Crippen molar-refractivity contribution in [2.45, 2.75) is 65.6 Å². The van der Waals surface area contributed by atoms with E-state index in [1.807, 2.05) is 39.0 Å². The summed E-state index contributed by atoms with van der Waals surface area (Å²) in [5.74, 6) is -1.28. The number of carbonyl (C=O) groups is 3. The predicted molar refractivity (Wildman–Crippen MR) is 162 cm³/mol. The first-order valence-corrected chi connectivity index (χ1v) is 14.5. The Morgan fingerprint density at radius 3 is 2.36 bits per heavy atom. The van der Waals surface area contributed by atoms with Gasteiger partial charge in [-0.3, -0.25) is 14.4 Å². The molecule has 2 N–H and O–H groups in total. The standard InChI is InChI=1S/C33H35ClF3N3O4/c1-20(41)38-17-21-8-7-10-22(14-21)30-25-15-24(34)12-13-27(25)40(19-32(2,3)4)31(43)28(44-30)16-29(42)39-18-23-9-5-6-11-26(23)33(35,36)37/h5-15,28,30H,16-19H2,1-4H3,(H,38,41)(H,39,42). The third kappa shape index (κ3) is 8.39. The van der Waals surface area contributed by atoms with Crippen LogP contribution < -0.4 is 15.5 Å². The van der Waals surface area contributed by atoms with Crippen molar-refractivity contribution in [3.63, 3.8) is 0 Å². The topological polar surface area (TPSA) is 87.7 Å². The molecule has 1 aliphatic rings. The zero-order chi connectivity index (χ0) is 32.2. The quantitative estimate of drug-likeness (QED) is 0.295. The first kappa shape index (κ1) is 33.0. The molecule has 7 nitrogen and oxygen atoms in total. The molecule has 3 aromatic rings. The number of nitrogens with zero attached hydrogens (tertiary/aromatic N) is 1. The number of nitrogens with one attached hydrogen (secondary N) is 2. The molecule has 11 heteroatoms. The Morgan fingerprint density at radius 1 is 0.955 bits per heavy atom. The minimum atomic E-state index is -4.58. The Morgan fingerprint density at radius 2 is 1.68 bits per heavy atom. The number of ether oxygens (including phenoxy) is 1. The monoisotopic (exact) mass is 629 g/mol. The average molecular weight is 630 g/mol. The number of rotatable bonds is 8. The lowest BCUT2D eigenvalue weighted by Crippen LogP contribution is -2.45. The number of carbonyl (C=O) groups excluding carboxylic acids is 3. The number of anilines is 1. The van der Waals surface area contributed by atoms with Crippen LogP contribution in [0.15, 0.2) is 66.7 Å². The summed E-state index contributed by atoms with van der Waals surface area (Å²) in [4.78, 5) is 40.3. The lowest BCUT2D eigenvalue weighted by atomic mass is 9.94. The van der Waals surface area contributed by atoms with Gasteiger partial charge in [0.1, 0.15) is 12.2 Å². The Labute approximate surface area is 259 Å². The van der Waals surface area contributed by atoms with Crippen LogP contribution in [0.25, 0.3) is 0 Å². The fraction of sp³-hybridized carbons (Fsp3) is 0.364. The van der Waals surface area contributed by atoms with Crippen molar-refractivity contribution < 1.29 is 32.3 Å². The molecule has 0 saturated heterocycles. The van der Waals surface area contributed by atoms with E-state index in [-0.39, 0.29) is 30.0 Å². The molecule has 2 unspecified atom stereocenters. The smallest absolute Gasteiger partial charge is 0.355 e. The summed E-state index contributed by atoms with van der Waals surface area (Å²) in [6.07, 6.45) is -7.08. The Bertz CT molecular complexity index is 1540. The third-order valence-corrected chi connectivity index (χ3v) is 7.24. The van der Waals surface area contributed by atoms with E-state index in [1.165, 1.54) is 25.1 Å². The highest BCUT2D eigenvalue weighted by atomic mass is 35.5. The largest absolute Gasteiger partial charge is 0.416 e. The summed E-state index contributed by atoms with van der Waals surface area (Å²) in [5.41, 5.74) is 1.40. The molecule has 0 saturated carbocycles. The van der Waals surface area contributed by atoms with Gasteiger partial charge in [0.15, 0.2) is 0 Å². The van der Waals surface area contributed by atoms with Crippen molar-refractivity contribution in [1.82, 2.24) is 10.6 Å². The van der Waals surface area contributed by atoms with Crippen LogP contribution in [0, 0.1) is 5.41 Å². The molecule has 2 atom stereocenters. The van der Waals surface area contributed by atoms with E-state index in [9.17, 15) is 27.6 Å². The molecule has 0 fully saturated rings. The molecule has 234 valence electrons. The average Bonchev–Trinajstić information content (AvgIpc) is 3.04. The maximum Gasteiger partial charge on any atom is 0.416 e. The van der Waals surface area contributed by atoms with Crippen LogP contribution in [0.4, 0.5) is 18.9 Å². The van der Waals surface area contributed by atoms with Crippen LogP contribution >= 0.6 is 11.6 Å². The van der Waals surface area contributed by atoms with Crippen LogP contribution in [0.2, 0.25) is 5.02 Å². The molecule has 0 aromatic heterocycles. The Kier molecular flexibility index (Phi) is 10.1. The van der Waals surface area contributed by atoms with Crippen LogP contribution in [0.1, 0.15) is 68.0 Å². The van der Waals surface area contributed by atoms with E-state index in [4.69, 9.17) is 16.3 Å². The van der Waals surface area contributed by atoms with Crippen molar-refractivity contribution in [1.29, 1.82) is 0 Å². The van der Waals surface area contributed by atoms with Crippen molar-refractivity contribution >= 4 is 35.0 Å². The van der Waals surface area contributed by atoms with Crippen LogP contribution in [-0.4, -0.2) is 30.4 Å².